The van der Waals surface area contributed by atoms with Crippen molar-refractivity contribution in [2.75, 3.05) is 24.9 Å². The van der Waals surface area contributed by atoms with Gasteiger partial charge in [-0.15, -0.1) is 0 Å². The van der Waals surface area contributed by atoms with Gasteiger partial charge in [-0.1, -0.05) is 24.3 Å². The molecule has 26 heavy (non-hydrogen) atoms. The predicted octanol–water partition coefficient (Wildman–Crippen LogP) is 3.49. The van der Waals surface area contributed by atoms with E-state index in [0.717, 1.165) is 5.69 Å². The number of anilines is 3. The number of hydrogen-bond acceptors (Lipinski definition) is 6. The van der Waals surface area contributed by atoms with Gasteiger partial charge in [-0.25, -0.2) is 0 Å². The number of ether oxygens (including phenoxy) is 2. The number of amides is 1. The van der Waals surface area contributed by atoms with E-state index in [1.54, 1.807) is 24.3 Å². The second-order valence-corrected chi connectivity index (χ2v) is 5.30. The summed E-state index contributed by atoms with van der Waals surface area (Å²) in [5.74, 6) is 0.848. The minimum absolute atomic E-state index is 0.205. The number of carbonyl (C=O) groups is 1. The maximum atomic E-state index is 12.4. The van der Waals surface area contributed by atoms with Gasteiger partial charge in [0.2, 0.25) is 17.7 Å². The van der Waals surface area contributed by atoms with Crippen LogP contribution in [0.3, 0.4) is 0 Å². The number of nitrogens with zero attached hydrogens (tertiary/aromatic N) is 2. The largest absolute Gasteiger partial charge is 0.481 e. The van der Waals surface area contributed by atoms with Crippen LogP contribution in [0.2, 0.25) is 0 Å². The molecule has 0 saturated heterocycles. The number of carbonyl (C=O) groups excluding carboxylic acids is 1. The zero-order chi connectivity index (χ0) is 18.4. The molecule has 3 rings (SSSR count). The zero-order valence-electron chi connectivity index (χ0n) is 14.4. The van der Waals surface area contributed by atoms with E-state index in [-0.39, 0.29) is 5.91 Å². The molecule has 0 spiro atoms. The minimum Gasteiger partial charge on any atom is -0.481 e. The van der Waals surface area contributed by atoms with Gasteiger partial charge in [-0.2, -0.15) is 9.97 Å². The summed E-state index contributed by atoms with van der Waals surface area (Å²) in [5, 5.41) is 5.90. The number of para-hydroxylation sites is 1. The van der Waals surface area contributed by atoms with Crippen LogP contribution in [0.4, 0.5) is 17.3 Å². The van der Waals surface area contributed by atoms with Crippen molar-refractivity contribution in [2.24, 2.45) is 0 Å². The highest BCUT2D eigenvalue weighted by atomic mass is 16.5. The van der Waals surface area contributed by atoms with Crippen molar-refractivity contribution >= 4 is 23.2 Å². The van der Waals surface area contributed by atoms with Gasteiger partial charge < -0.3 is 20.1 Å². The van der Waals surface area contributed by atoms with Gasteiger partial charge in [-0.05, 0) is 30.3 Å². The first-order valence-electron chi connectivity index (χ1n) is 7.88. The zero-order valence-corrected chi connectivity index (χ0v) is 14.4. The van der Waals surface area contributed by atoms with E-state index >= 15 is 0 Å². The van der Waals surface area contributed by atoms with Gasteiger partial charge >= 0.3 is 0 Å². The third-order valence-corrected chi connectivity index (χ3v) is 3.51. The Labute approximate surface area is 151 Å². The van der Waals surface area contributed by atoms with Crippen molar-refractivity contribution in [2.45, 2.75) is 0 Å². The fourth-order valence-corrected chi connectivity index (χ4v) is 2.26. The molecular weight excluding hydrogens is 332 g/mol. The first-order chi connectivity index (χ1) is 12.7. The summed E-state index contributed by atoms with van der Waals surface area (Å²) in [6, 6.07) is 17.9. The first kappa shape index (κ1) is 17.2. The molecule has 0 aliphatic heterocycles. The lowest BCUT2D eigenvalue weighted by atomic mass is 10.2. The monoisotopic (exact) mass is 350 g/mol. The van der Waals surface area contributed by atoms with Crippen LogP contribution < -0.4 is 20.1 Å². The summed E-state index contributed by atoms with van der Waals surface area (Å²) < 4.78 is 10.3. The van der Waals surface area contributed by atoms with E-state index in [9.17, 15) is 4.79 Å². The first-order valence-corrected chi connectivity index (χ1v) is 7.88. The SMILES string of the molecule is COc1cc(OC)nc(Nc2cccc(C(=O)Nc3ccccc3)c2)n1. The standard InChI is InChI=1S/C19H18N4O3/c1-25-16-12-17(26-2)23-19(22-16)21-15-10-6-7-13(11-15)18(24)20-14-8-4-3-5-9-14/h3-12H,1-2H3,(H,20,24)(H,21,22,23). The highest BCUT2D eigenvalue weighted by Crippen LogP contribution is 2.21. The summed E-state index contributed by atoms with van der Waals surface area (Å²) >= 11 is 0. The number of nitrogens with one attached hydrogen (secondary N) is 2. The summed E-state index contributed by atoms with van der Waals surface area (Å²) in [6.07, 6.45) is 0. The van der Waals surface area contributed by atoms with Gasteiger partial charge in [0, 0.05) is 16.9 Å². The number of hydrogen-bond donors (Lipinski definition) is 2. The van der Waals surface area contributed by atoms with Crippen LogP contribution in [0.5, 0.6) is 11.8 Å². The van der Waals surface area contributed by atoms with E-state index in [4.69, 9.17) is 9.47 Å². The fraction of sp³-hybridized carbons (Fsp3) is 0.105. The fourth-order valence-electron chi connectivity index (χ4n) is 2.26. The molecule has 2 aromatic carbocycles. The van der Waals surface area contributed by atoms with Gasteiger partial charge in [-0.3, -0.25) is 4.79 Å². The molecule has 132 valence electrons. The van der Waals surface area contributed by atoms with Crippen molar-refractivity contribution in [3.05, 3.63) is 66.2 Å². The topological polar surface area (TPSA) is 85.4 Å². The van der Waals surface area contributed by atoms with Crippen LogP contribution >= 0.6 is 0 Å². The quantitative estimate of drug-likeness (QED) is 0.708. The Hall–Kier alpha value is -3.61. The minimum atomic E-state index is -0.205. The molecule has 0 unspecified atom stereocenters. The molecule has 0 aliphatic rings. The van der Waals surface area contributed by atoms with Crippen molar-refractivity contribution in [1.29, 1.82) is 0 Å². The van der Waals surface area contributed by atoms with E-state index in [2.05, 4.69) is 20.6 Å². The number of rotatable bonds is 6. The average Bonchev–Trinajstić information content (AvgIpc) is 2.68. The molecular formula is C19H18N4O3. The Bertz CT molecular complexity index is 878. The molecule has 0 aliphatic carbocycles. The van der Waals surface area contributed by atoms with Crippen LogP contribution in [0.25, 0.3) is 0 Å². The van der Waals surface area contributed by atoms with E-state index in [1.807, 2.05) is 36.4 Å². The number of benzene rings is 2. The second-order valence-electron chi connectivity index (χ2n) is 5.30. The Morgan fingerprint density at radius 1 is 0.846 bits per heavy atom. The van der Waals surface area contributed by atoms with Crippen LogP contribution in [0.1, 0.15) is 10.4 Å². The van der Waals surface area contributed by atoms with E-state index < -0.39 is 0 Å². The van der Waals surface area contributed by atoms with Crippen LogP contribution in [-0.4, -0.2) is 30.1 Å². The lowest BCUT2D eigenvalue weighted by Gasteiger charge is -2.10. The van der Waals surface area contributed by atoms with E-state index in [1.165, 1.54) is 14.2 Å². The second kappa shape index (κ2) is 7.98. The third kappa shape index (κ3) is 4.27. The maximum Gasteiger partial charge on any atom is 0.255 e. The van der Waals surface area contributed by atoms with Crippen molar-refractivity contribution in [1.82, 2.24) is 9.97 Å². The van der Waals surface area contributed by atoms with Crippen molar-refractivity contribution < 1.29 is 14.3 Å². The highest BCUT2D eigenvalue weighted by molar-refractivity contribution is 6.04. The Balaban J connectivity index is 1.78. The summed E-state index contributed by atoms with van der Waals surface area (Å²) in [4.78, 5) is 20.8. The Kier molecular flexibility index (Phi) is 5.28. The van der Waals surface area contributed by atoms with Crippen LogP contribution in [-0.2, 0) is 0 Å². The third-order valence-electron chi connectivity index (χ3n) is 3.51. The van der Waals surface area contributed by atoms with Gasteiger partial charge in [0.15, 0.2) is 0 Å². The summed E-state index contributed by atoms with van der Waals surface area (Å²) in [5.41, 5.74) is 1.91. The Morgan fingerprint density at radius 3 is 2.15 bits per heavy atom. The molecule has 0 atom stereocenters. The molecule has 0 fully saturated rings. The molecule has 1 aromatic heterocycles. The van der Waals surface area contributed by atoms with Gasteiger partial charge in [0.1, 0.15) is 0 Å². The molecule has 0 radical (unpaired) electrons. The number of methoxy groups -OCH3 is 2. The van der Waals surface area contributed by atoms with E-state index in [0.29, 0.717) is 29.0 Å². The van der Waals surface area contributed by atoms with Gasteiger partial charge in [0.25, 0.3) is 5.91 Å². The molecule has 0 bridgehead atoms. The molecule has 7 heteroatoms. The predicted molar refractivity (Wildman–Crippen MR) is 99.3 cm³/mol. The molecule has 1 heterocycles. The van der Waals surface area contributed by atoms with Crippen molar-refractivity contribution in [3.63, 3.8) is 0 Å². The van der Waals surface area contributed by atoms with Crippen LogP contribution in [0.15, 0.2) is 60.7 Å². The average molecular weight is 350 g/mol. The number of aromatic nitrogens is 2. The lowest BCUT2D eigenvalue weighted by molar-refractivity contribution is 0.102. The molecule has 0 saturated carbocycles. The highest BCUT2D eigenvalue weighted by Gasteiger charge is 2.09. The molecule has 2 N–H and O–H groups in total. The van der Waals surface area contributed by atoms with Gasteiger partial charge in [0.05, 0.1) is 20.3 Å². The summed E-state index contributed by atoms with van der Waals surface area (Å²) in [6.45, 7) is 0. The normalized spacial score (nSPS) is 10.1. The van der Waals surface area contributed by atoms with Crippen LogP contribution in [0, 0.1) is 0 Å². The Morgan fingerprint density at radius 2 is 1.50 bits per heavy atom. The molecule has 3 aromatic rings. The smallest absolute Gasteiger partial charge is 0.255 e. The lowest BCUT2D eigenvalue weighted by Crippen LogP contribution is -2.12. The van der Waals surface area contributed by atoms with Crippen molar-refractivity contribution in [3.8, 4) is 11.8 Å². The maximum absolute atomic E-state index is 12.4. The molecule has 7 nitrogen and oxygen atoms in total. The molecule has 1 amide bonds. The summed E-state index contributed by atoms with van der Waals surface area (Å²) in [7, 11) is 3.03.